The van der Waals surface area contributed by atoms with E-state index in [9.17, 15) is 14.7 Å². The Morgan fingerprint density at radius 1 is 1.00 bits per heavy atom. The molecule has 0 heterocycles. The Hall–Kier alpha value is -2.82. The molecular formula is C18H18N2O3. The van der Waals surface area contributed by atoms with Gasteiger partial charge in [-0.1, -0.05) is 12.1 Å². The number of aromatic hydroxyl groups is 1. The number of phenols is 1. The standard InChI is InChI=1S/C18H18N2O3/c21-16-9-1-12(2-10-16)11-17(22)19-14-5-3-13(4-6-14)18(23)20-15-7-8-15/h1-6,9-10,15,21H,7-8,11H2,(H,19,22)(H,20,23). The van der Waals surface area contributed by atoms with Crippen LogP contribution in [0.2, 0.25) is 0 Å². The van der Waals surface area contributed by atoms with Crippen molar-refractivity contribution >= 4 is 17.5 Å². The van der Waals surface area contributed by atoms with Gasteiger partial charge in [0.15, 0.2) is 0 Å². The molecule has 1 fully saturated rings. The average molecular weight is 310 g/mol. The Labute approximate surface area is 134 Å². The molecule has 0 radical (unpaired) electrons. The molecule has 0 aromatic heterocycles. The second-order valence-electron chi connectivity index (χ2n) is 5.72. The molecule has 1 saturated carbocycles. The molecule has 3 rings (SSSR count). The van der Waals surface area contributed by atoms with Gasteiger partial charge >= 0.3 is 0 Å². The zero-order valence-electron chi connectivity index (χ0n) is 12.6. The molecule has 3 N–H and O–H groups in total. The SMILES string of the molecule is O=C(Cc1ccc(O)cc1)Nc1ccc(C(=O)NC2CC2)cc1. The second kappa shape index (κ2) is 6.52. The highest BCUT2D eigenvalue weighted by Gasteiger charge is 2.23. The van der Waals surface area contributed by atoms with Crippen LogP contribution < -0.4 is 10.6 Å². The van der Waals surface area contributed by atoms with Gasteiger partial charge in [0.1, 0.15) is 5.75 Å². The molecule has 1 aliphatic carbocycles. The fraction of sp³-hybridized carbons (Fsp3) is 0.222. The summed E-state index contributed by atoms with van der Waals surface area (Å²) in [5, 5.41) is 14.9. The predicted molar refractivity (Wildman–Crippen MR) is 87.4 cm³/mol. The summed E-state index contributed by atoms with van der Waals surface area (Å²) < 4.78 is 0. The molecule has 5 nitrogen and oxygen atoms in total. The van der Waals surface area contributed by atoms with Crippen LogP contribution in [-0.4, -0.2) is 23.0 Å². The van der Waals surface area contributed by atoms with Crippen LogP contribution in [0.5, 0.6) is 5.75 Å². The largest absolute Gasteiger partial charge is 0.508 e. The highest BCUT2D eigenvalue weighted by molar-refractivity contribution is 5.96. The van der Waals surface area contributed by atoms with Gasteiger partial charge in [0.05, 0.1) is 6.42 Å². The number of carbonyl (C=O) groups excluding carboxylic acids is 2. The molecule has 2 amide bonds. The lowest BCUT2D eigenvalue weighted by Gasteiger charge is -2.07. The quantitative estimate of drug-likeness (QED) is 0.794. The van der Waals surface area contributed by atoms with Gasteiger partial charge in [0, 0.05) is 17.3 Å². The minimum Gasteiger partial charge on any atom is -0.508 e. The van der Waals surface area contributed by atoms with Gasteiger partial charge in [0.25, 0.3) is 5.91 Å². The number of rotatable bonds is 5. The van der Waals surface area contributed by atoms with E-state index in [0.29, 0.717) is 17.3 Å². The smallest absolute Gasteiger partial charge is 0.251 e. The molecule has 118 valence electrons. The average Bonchev–Trinajstić information content (AvgIpc) is 3.34. The van der Waals surface area contributed by atoms with Crippen molar-refractivity contribution in [2.24, 2.45) is 0 Å². The van der Waals surface area contributed by atoms with Crippen molar-refractivity contribution in [3.05, 3.63) is 59.7 Å². The maximum atomic E-state index is 12.0. The molecule has 0 bridgehead atoms. The van der Waals surface area contributed by atoms with E-state index < -0.39 is 0 Å². The second-order valence-corrected chi connectivity index (χ2v) is 5.72. The third kappa shape index (κ3) is 4.32. The van der Waals surface area contributed by atoms with Crippen molar-refractivity contribution in [1.82, 2.24) is 5.32 Å². The van der Waals surface area contributed by atoms with Gasteiger partial charge in [-0.2, -0.15) is 0 Å². The minimum atomic E-state index is -0.147. The molecule has 0 unspecified atom stereocenters. The Morgan fingerprint density at radius 3 is 2.26 bits per heavy atom. The van der Waals surface area contributed by atoms with Crippen LogP contribution in [0.15, 0.2) is 48.5 Å². The summed E-state index contributed by atoms with van der Waals surface area (Å²) >= 11 is 0. The summed E-state index contributed by atoms with van der Waals surface area (Å²) in [5.74, 6) is -0.0467. The molecule has 2 aromatic carbocycles. The van der Waals surface area contributed by atoms with E-state index in [2.05, 4.69) is 10.6 Å². The van der Waals surface area contributed by atoms with Gasteiger partial charge in [0.2, 0.25) is 5.91 Å². The van der Waals surface area contributed by atoms with E-state index >= 15 is 0 Å². The van der Waals surface area contributed by atoms with Crippen molar-refractivity contribution in [1.29, 1.82) is 0 Å². The lowest BCUT2D eigenvalue weighted by molar-refractivity contribution is -0.115. The first-order valence-corrected chi connectivity index (χ1v) is 7.59. The third-order valence-electron chi connectivity index (χ3n) is 3.64. The molecule has 23 heavy (non-hydrogen) atoms. The fourth-order valence-corrected chi connectivity index (χ4v) is 2.21. The van der Waals surface area contributed by atoms with Crippen molar-refractivity contribution in [2.45, 2.75) is 25.3 Å². The number of anilines is 1. The maximum Gasteiger partial charge on any atom is 0.251 e. The van der Waals surface area contributed by atoms with E-state index in [1.807, 2.05) is 0 Å². The highest BCUT2D eigenvalue weighted by Crippen LogP contribution is 2.19. The van der Waals surface area contributed by atoms with Crippen LogP contribution in [0, 0.1) is 0 Å². The molecule has 0 saturated heterocycles. The van der Waals surface area contributed by atoms with Crippen LogP contribution in [0.25, 0.3) is 0 Å². The Balaban J connectivity index is 1.55. The first-order chi connectivity index (χ1) is 11.1. The maximum absolute atomic E-state index is 12.0. The van der Waals surface area contributed by atoms with Crippen LogP contribution in [0.4, 0.5) is 5.69 Å². The lowest BCUT2D eigenvalue weighted by atomic mass is 10.1. The van der Waals surface area contributed by atoms with Crippen LogP contribution in [-0.2, 0) is 11.2 Å². The summed E-state index contributed by atoms with van der Waals surface area (Å²) in [5.41, 5.74) is 2.06. The van der Waals surface area contributed by atoms with Crippen molar-refractivity contribution < 1.29 is 14.7 Å². The zero-order valence-corrected chi connectivity index (χ0v) is 12.6. The van der Waals surface area contributed by atoms with E-state index in [1.165, 1.54) is 0 Å². The molecule has 1 aliphatic rings. The number of phenolic OH excluding ortho intramolecular Hbond substituents is 1. The van der Waals surface area contributed by atoms with Gasteiger partial charge in [-0.05, 0) is 54.8 Å². The number of hydrogen-bond donors (Lipinski definition) is 3. The minimum absolute atomic E-state index is 0.0746. The third-order valence-corrected chi connectivity index (χ3v) is 3.64. The molecular weight excluding hydrogens is 292 g/mol. The molecule has 0 spiro atoms. The Kier molecular flexibility index (Phi) is 4.28. The Morgan fingerprint density at radius 2 is 1.65 bits per heavy atom. The van der Waals surface area contributed by atoms with Gasteiger partial charge < -0.3 is 15.7 Å². The summed E-state index contributed by atoms with van der Waals surface area (Å²) in [6, 6.07) is 13.7. The van der Waals surface area contributed by atoms with E-state index in [1.54, 1.807) is 48.5 Å². The Bertz CT molecular complexity index is 704. The van der Waals surface area contributed by atoms with E-state index in [-0.39, 0.29) is 24.0 Å². The summed E-state index contributed by atoms with van der Waals surface area (Å²) in [4.78, 5) is 23.9. The molecule has 5 heteroatoms. The number of hydrogen-bond acceptors (Lipinski definition) is 3. The summed E-state index contributed by atoms with van der Waals surface area (Å²) in [6.07, 6.45) is 2.33. The normalized spacial score (nSPS) is 13.4. The van der Waals surface area contributed by atoms with Gasteiger partial charge in [-0.15, -0.1) is 0 Å². The predicted octanol–water partition coefficient (Wildman–Crippen LogP) is 2.47. The first-order valence-electron chi connectivity index (χ1n) is 7.59. The van der Waals surface area contributed by atoms with Crippen LogP contribution >= 0.6 is 0 Å². The molecule has 2 aromatic rings. The van der Waals surface area contributed by atoms with Crippen molar-refractivity contribution in [2.75, 3.05) is 5.32 Å². The fourth-order valence-electron chi connectivity index (χ4n) is 2.21. The van der Waals surface area contributed by atoms with Crippen molar-refractivity contribution in [3.8, 4) is 5.75 Å². The number of benzene rings is 2. The van der Waals surface area contributed by atoms with Gasteiger partial charge in [-0.3, -0.25) is 9.59 Å². The van der Waals surface area contributed by atoms with Crippen LogP contribution in [0.1, 0.15) is 28.8 Å². The summed E-state index contributed by atoms with van der Waals surface area (Å²) in [6.45, 7) is 0. The van der Waals surface area contributed by atoms with Crippen molar-refractivity contribution in [3.63, 3.8) is 0 Å². The molecule has 0 aliphatic heterocycles. The topological polar surface area (TPSA) is 78.4 Å². The number of nitrogens with one attached hydrogen (secondary N) is 2. The monoisotopic (exact) mass is 310 g/mol. The number of amides is 2. The highest BCUT2D eigenvalue weighted by atomic mass is 16.3. The van der Waals surface area contributed by atoms with E-state index in [0.717, 1.165) is 18.4 Å². The lowest BCUT2D eigenvalue weighted by Crippen LogP contribution is -2.25. The molecule has 0 atom stereocenters. The summed E-state index contributed by atoms with van der Waals surface area (Å²) in [7, 11) is 0. The van der Waals surface area contributed by atoms with E-state index in [4.69, 9.17) is 0 Å². The van der Waals surface area contributed by atoms with Gasteiger partial charge in [-0.25, -0.2) is 0 Å². The first kappa shape index (κ1) is 15.1. The van der Waals surface area contributed by atoms with Crippen LogP contribution in [0.3, 0.4) is 0 Å². The number of carbonyl (C=O) groups is 2. The zero-order chi connectivity index (χ0) is 16.2.